The van der Waals surface area contributed by atoms with E-state index in [0.717, 1.165) is 19.3 Å². The topological polar surface area (TPSA) is 78.7 Å². The van der Waals surface area contributed by atoms with E-state index in [0.29, 0.717) is 24.5 Å². The fraction of sp³-hybridized carbons (Fsp3) is 0.706. The number of aliphatic hydroxyl groups excluding tert-OH is 1. The number of nitrogens with zero attached hydrogens (tertiary/aromatic N) is 4. The molecule has 1 N–H and O–H groups in total. The summed E-state index contributed by atoms with van der Waals surface area (Å²) in [6.45, 7) is 1.10. The molecule has 0 radical (unpaired) electrons. The second-order valence-corrected chi connectivity index (χ2v) is 7.88. The quantitative estimate of drug-likeness (QED) is 0.843. The van der Waals surface area contributed by atoms with Crippen molar-refractivity contribution >= 4 is 23.4 Å². The minimum absolute atomic E-state index is 0.0496. The number of piperidine rings is 3. The smallest absolute Gasteiger partial charge is 0.275 e. The first kappa shape index (κ1) is 16.8. The number of carbonyl (C=O) groups excluding carboxylic acids is 2. The average Bonchev–Trinajstić information content (AvgIpc) is 2.93. The van der Waals surface area contributed by atoms with Gasteiger partial charge in [-0.1, -0.05) is 11.6 Å². The lowest BCUT2D eigenvalue weighted by atomic mass is 9.72. The zero-order chi connectivity index (χ0) is 17.7. The summed E-state index contributed by atoms with van der Waals surface area (Å²) in [7, 11) is 1.74. The number of rotatable bonds is 2. The van der Waals surface area contributed by atoms with Crippen LogP contribution in [0.5, 0.6) is 0 Å². The Kier molecular flexibility index (Phi) is 4.24. The Labute approximate surface area is 151 Å². The molecule has 3 fully saturated rings. The van der Waals surface area contributed by atoms with Crippen LogP contribution in [0.25, 0.3) is 0 Å². The number of aryl methyl sites for hydroxylation is 1. The van der Waals surface area contributed by atoms with Crippen LogP contribution in [0.1, 0.15) is 36.2 Å². The van der Waals surface area contributed by atoms with Crippen molar-refractivity contribution in [3.63, 3.8) is 0 Å². The van der Waals surface area contributed by atoms with Gasteiger partial charge in [0.2, 0.25) is 5.91 Å². The molecule has 0 saturated carbocycles. The first-order valence-electron chi connectivity index (χ1n) is 8.90. The van der Waals surface area contributed by atoms with E-state index in [2.05, 4.69) is 5.10 Å². The highest BCUT2D eigenvalue weighted by Gasteiger charge is 2.50. The SMILES string of the molecule is Cn1cc(Cl)c(C(=O)N2C[C@H]3C[C@@H](C2)[C@H](CO)N2C(=O)CCC[C@@H]32)n1. The van der Waals surface area contributed by atoms with Gasteiger partial charge in [-0.05, 0) is 31.1 Å². The molecule has 3 saturated heterocycles. The molecule has 4 heterocycles. The molecule has 25 heavy (non-hydrogen) atoms. The van der Waals surface area contributed by atoms with Crippen molar-refractivity contribution in [2.24, 2.45) is 18.9 Å². The van der Waals surface area contributed by atoms with Crippen LogP contribution in [-0.4, -0.2) is 68.3 Å². The summed E-state index contributed by atoms with van der Waals surface area (Å²) in [5.74, 6) is 0.357. The van der Waals surface area contributed by atoms with Crippen LogP contribution in [0.2, 0.25) is 5.02 Å². The summed E-state index contributed by atoms with van der Waals surface area (Å²) in [6.07, 6.45) is 4.99. The van der Waals surface area contributed by atoms with E-state index in [-0.39, 0.29) is 48.0 Å². The van der Waals surface area contributed by atoms with Crippen molar-refractivity contribution < 1.29 is 14.7 Å². The highest BCUT2D eigenvalue weighted by molar-refractivity contribution is 6.33. The van der Waals surface area contributed by atoms with E-state index >= 15 is 0 Å². The number of amides is 2. The van der Waals surface area contributed by atoms with E-state index in [4.69, 9.17) is 11.6 Å². The van der Waals surface area contributed by atoms with Crippen LogP contribution >= 0.6 is 11.6 Å². The first-order chi connectivity index (χ1) is 12.0. The predicted octanol–water partition coefficient (Wildman–Crippen LogP) is 0.907. The summed E-state index contributed by atoms with van der Waals surface area (Å²) in [5.41, 5.74) is 0.279. The van der Waals surface area contributed by atoms with Crippen LogP contribution < -0.4 is 0 Å². The third kappa shape index (κ3) is 2.73. The number of hydrogen-bond acceptors (Lipinski definition) is 4. The number of fused-ring (bicyclic) bond motifs is 4. The molecule has 3 aliphatic rings. The summed E-state index contributed by atoms with van der Waals surface area (Å²) < 4.78 is 1.54. The monoisotopic (exact) mass is 366 g/mol. The molecular weight excluding hydrogens is 344 g/mol. The summed E-state index contributed by atoms with van der Waals surface area (Å²) in [6, 6.07) is -0.0618. The van der Waals surface area contributed by atoms with Crippen molar-refractivity contribution in [3.8, 4) is 0 Å². The minimum atomic E-state index is -0.191. The van der Waals surface area contributed by atoms with Gasteiger partial charge in [0.1, 0.15) is 0 Å². The number of aliphatic hydroxyl groups is 1. The fourth-order valence-electron chi connectivity index (χ4n) is 4.93. The van der Waals surface area contributed by atoms with E-state index in [1.807, 2.05) is 9.80 Å². The van der Waals surface area contributed by atoms with Gasteiger partial charge in [-0.3, -0.25) is 14.3 Å². The van der Waals surface area contributed by atoms with Gasteiger partial charge in [0, 0.05) is 38.8 Å². The lowest BCUT2D eigenvalue weighted by molar-refractivity contribution is -0.154. The molecule has 8 heteroatoms. The Bertz CT molecular complexity index is 692. The number of hydrogen-bond donors (Lipinski definition) is 1. The Morgan fingerprint density at radius 1 is 1.40 bits per heavy atom. The Morgan fingerprint density at radius 2 is 2.16 bits per heavy atom. The third-order valence-electron chi connectivity index (χ3n) is 5.96. The van der Waals surface area contributed by atoms with Gasteiger partial charge < -0.3 is 14.9 Å². The Balaban J connectivity index is 1.60. The molecular formula is C17H23ClN4O3. The van der Waals surface area contributed by atoms with Gasteiger partial charge in [0.05, 0.1) is 17.7 Å². The van der Waals surface area contributed by atoms with Crippen molar-refractivity contribution in [2.45, 2.75) is 37.8 Å². The molecule has 0 unspecified atom stereocenters. The van der Waals surface area contributed by atoms with E-state index in [9.17, 15) is 14.7 Å². The zero-order valence-electron chi connectivity index (χ0n) is 14.3. The summed E-state index contributed by atoms with van der Waals surface area (Å²) in [5, 5.41) is 14.5. The number of aromatic nitrogens is 2. The van der Waals surface area contributed by atoms with Gasteiger partial charge in [-0.25, -0.2) is 0 Å². The van der Waals surface area contributed by atoms with E-state index in [1.54, 1.807) is 17.9 Å². The Hall–Kier alpha value is -1.60. The van der Waals surface area contributed by atoms with Crippen LogP contribution in [0, 0.1) is 11.8 Å². The van der Waals surface area contributed by atoms with Crippen LogP contribution in [0.4, 0.5) is 0 Å². The number of carbonyl (C=O) groups is 2. The van der Waals surface area contributed by atoms with Crippen molar-refractivity contribution in [3.05, 3.63) is 16.9 Å². The van der Waals surface area contributed by atoms with Gasteiger partial charge in [-0.15, -0.1) is 0 Å². The second-order valence-electron chi connectivity index (χ2n) is 7.48. The zero-order valence-corrected chi connectivity index (χ0v) is 15.0. The molecule has 1 aromatic heterocycles. The number of likely N-dealkylation sites (tertiary alicyclic amines) is 1. The molecule has 3 aliphatic heterocycles. The van der Waals surface area contributed by atoms with Crippen LogP contribution in [0.15, 0.2) is 6.20 Å². The lowest BCUT2D eigenvalue weighted by Crippen LogP contribution is -2.66. The minimum Gasteiger partial charge on any atom is -0.394 e. The standard InChI is InChI=1S/C17H23ClN4O3/c1-20-8-12(18)16(19-20)17(25)21-6-10-5-11(7-21)14(9-23)22-13(10)3-2-4-15(22)24/h8,10-11,13-14,23H,2-7,9H2,1H3/t10-,11+,13+,14+/m1/s1. The molecule has 0 spiro atoms. The Morgan fingerprint density at radius 3 is 2.84 bits per heavy atom. The maximum atomic E-state index is 12.9. The van der Waals surface area contributed by atoms with Crippen molar-refractivity contribution in [1.29, 1.82) is 0 Å². The second kappa shape index (κ2) is 6.29. The highest BCUT2D eigenvalue weighted by Crippen LogP contribution is 2.41. The van der Waals surface area contributed by atoms with Crippen molar-refractivity contribution in [2.75, 3.05) is 19.7 Å². The summed E-state index contributed by atoms with van der Waals surface area (Å²) >= 11 is 6.14. The molecule has 4 rings (SSSR count). The predicted molar refractivity (Wildman–Crippen MR) is 91.1 cm³/mol. The third-order valence-corrected chi connectivity index (χ3v) is 6.23. The van der Waals surface area contributed by atoms with E-state index in [1.165, 1.54) is 0 Å². The maximum absolute atomic E-state index is 12.9. The molecule has 1 aromatic rings. The lowest BCUT2D eigenvalue weighted by Gasteiger charge is -2.56. The van der Waals surface area contributed by atoms with Crippen LogP contribution in [0.3, 0.4) is 0 Å². The normalized spacial score (nSPS) is 31.9. The van der Waals surface area contributed by atoms with E-state index < -0.39 is 0 Å². The van der Waals surface area contributed by atoms with Gasteiger partial charge in [0.25, 0.3) is 5.91 Å². The largest absolute Gasteiger partial charge is 0.394 e. The molecule has 0 aliphatic carbocycles. The molecule has 4 atom stereocenters. The molecule has 2 bridgehead atoms. The molecule has 2 amide bonds. The molecule has 7 nitrogen and oxygen atoms in total. The summed E-state index contributed by atoms with van der Waals surface area (Å²) in [4.78, 5) is 29.1. The fourth-order valence-corrected chi connectivity index (χ4v) is 5.19. The average molecular weight is 367 g/mol. The molecule has 0 aromatic carbocycles. The number of halogens is 1. The first-order valence-corrected chi connectivity index (χ1v) is 9.27. The van der Waals surface area contributed by atoms with Crippen molar-refractivity contribution in [1.82, 2.24) is 19.6 Å². The highest BCUT2D eigenvalue weighted by atomic mass is 35.5. The maximum Gasteiger partial charge on any atom is 0.275 e. The molecule has 136 valence electrons. The van der Waals surface area contributed by atoms with Gasteiger partial charge in [0.15, 0.2) is 5.69 Å². The van der Waals surface area contributed by atoms with Gasteiger partial charge in [-0.2, -0.15) is 5.10 Å². The van der Waals surface area contributed by atoms with Crippen LogP contribution in [-0.2, 0) is 11.8 Å². The van der Waals surface area contributed by atoms with Gasteiger partial charge >= 0.3 is 0 Å².